The van der Waals surface area contributed by atoms with Crippen molar-refractivity contribution in [2.75, 3.05) is 32.7 Å². The van der Waals surface area contributed by atoms with Crippen molar-refractivity contribution in [3.8, 4) is 0 Å². The fourth-order valence-corrected chi connectivity index (χ4v) is 12.3. The number of amides is 10. The van der Waals surface area contributed by atoms with Crippen molar-refractivity contribution in [2.45, 2.75) is 230 Å². The molecule has 0 radical (unpaired) electrons. The lowest BCUT2D eigenvalue weighted by Crippen LogP contribution is -2.69. The molecule has 4 fully saturated rings. The highest BCUT2D eigenvalue weighted by Gasteiger charge is 2.46. The van der Waals surface area contributed by atoms with Gasteiger partial charge in [-0.1, -0.05) is 41.5 Å². The standard InChI is InChI=1S/C60H98N16O15/c1-33(2)26-41(69-51(83)39(17-19-48(78)79)67-50(82)38(61)13-7-21-65-60(62)63)53(85)71-43(28-35(5)6)57(89)74-23-9-14-45(74)54(86)68-40(18-20-49(80)81)52(84)70-42(27-34(3)4)56(88)75-24-10-15-46(75)55(87)72-44(29-36-30-64-32-66-36)58(90)76-25-11-16-47(76)59(91)73-22-8-12-37(73)31-77/h30-35,37-47,60,65H,7-29,61-63H2,1-6H3,(H,64,66)(H,67,82)(H,68,86)(H,69,83)(H,70,84)(H,71,85)(H,72,87)(H,78,79)(H,80,81)/p+1/t37-,38-,39-,40-,41-,42-,43-,44-,45-,46-,47-/m0/s1. The van der Waals surface area contributed by atoms with Gasteiger partial charge in [-0.15, -0.1) is 0 Å². The fourth-order valence-electron chi connectivity index (χ4n) is 12.3. The maximum atomic E-state index is 14.8. The van der Waals surface area contributed by atoms with Crippen LogP contribution in [-0.2, 0) is 68.7 Å². The van der Waals surface area contributed by atoms with Crippen LogP contribution in [0, 0.1) is 17.8 Å². The van der Waals surface area contributed by atoms with Crippen molar-refractivity contribution in [1.29, 1.82) is 0 Å². The smallest absolute Gasteiger partial charge is 0.303 e. The SMILES string of the molecule is CC(C)C[C@H](NC(=O)[C@H](CCC(=O)O)NC(=O)[C@@H]([NH3+])CCCNC(N)N)C(=O)N[C@@H](CC(C)C)C(=O)N1CCC[C@H]1C(=O)N[C@@H](CCC(=O)O)C(=O)N[C@@H](CC(C)C)C(=O)N1CCC[C@H]1C(=O)N[C@@H](Cc1cnc[nH]1)C(=O)N1CCC[C@H]1C(=O)N1CCC[C@H]1C=O. The van der Waals surface area contributed by atoms with Crippen molar-refractivity contribution in [1.82, 2.24) is 66.8 Å². The lowest BCUT2D eigenvalue weighted by atomic mass is 9.99. The number of nitrogens with zero attached hydrogens (tertiary/aromatic N) is 5. The normalized spacial score (nSPS) is 20.6. The van der Waals surface area contributed by atoms with E-state index in [1.165, 1.54) is 32.1 Å². The molecule has 5 heterocycles. The maximum absolute atomic E-state index is 14.8. The van der Waals surface area contributed by atoms with E-state index in [9.17, 15) is 72.5 Å². The van der Waals surface area contributed by atoms with E-state index in [0.29, 0.717) is 63.7 Å². The average molecular weight is 1280 g/mol. The van der Waals surface area contributed by atoms with Crippen LogP contribution < -0.4 is 54.4 Å². The molecule has 31 nitrogen and oxygen atoms in total. The number of aldehydes is 1. The summed E-state index contributed by atoms with van der Waals surface area (Å²) in [5.41, 5.74) is 15.4. The fraction of sp³-hybridized carbons (Fsp3) is 0.733. The van der Waals surface area contributed by atoms with E-state index in [2.05, 4.69) is 52.9 Å². The molecule has 4 aliphatic heterocycles. The van der Waals surface area contributed by atoms with Crippen LogP contribution in [0.1, 0.15) is 156 Å². The van der Waals surface area contributed by atoms with Crippen LogP contribution in [0.3, 0.4) is 0 Å². The Morgan fingerprint density at radius 3 is 1.46 bits per heavy atom. The van der Waals surface area contributed by atoms with Crippen molar-refractivity contribution < 1.29 is 78.3 Å². The van der Waals surface area contributed by atoms with E-state index in [1.807, 2.05) is 27.7 Å². The number of hydrogen-bond acceptors (Lipinski definition) is 17. The highest BCUT2D eigenvalue weighted by Crippen LogP contribution is 2.27. The largest absolute Gasteiger partial charge is 0.481 e. The molecule has 4 saturated heterocycles. The third-order valence-electron chi connectivity index (χ3n) is 16.9. The number of nitrogens with two attached hydrogens (primary N) is 2. The first-order chi connectivity index (χ1) is 43.1. The van der Waals surface area contributed by atoms with Crippen LogP contribution in [0.15, 0.2) is 12.5 Å². The van der Waals surface area contributed by atoms with E-state index in [0.717, 1.165) is 6.29 Å². The molecule has 4 aliphatic rings. The maximum Gasteiger partial charge on any atom is 0.303 e. The third kappa shape index (κ3) is 22.3. The first-order valence-electron chi connectivity index (χ1n) is 32.1. The van der Waals surface area contributed by atoms with E-state index >= 15 is 0 Å². The van der Waals surface area contributed by atoms with Gasteiger partial charge in [0, 0.05) is 63.8 Å². The number of likely N-dealkylation sites (tertiary alicyclic amines) is 4. The zero-order valence-corrected chi connectivity index (χ0v) is 53.5. The van der Waals surface area contributed by atoms with Gasteiger partial charge in [-0.3, -0.25) is 62.9 Å². The van der Waals surface area contributed by atoms with Gasteiger partial charge < -0.3 is 88.7 Å². The molecular weight excluding hydrogens is 1180 g/mol. The Morgan fingerprint density at radius 2 is 0.989 bits per heavy atom. The van der Waals surface area contributed by atoms with Crippen molar-refractivity contribution in [3.05, 3.63) is 18.2 Å². The van der Waals surface area contributed by atoms with Gasteiger partial charge in [-0.25, -0.2) is 4.98 Å². The van der Waals surface area contributed by atoms with Crippen molar-refractivity contribution in [2.24, 2.45) is 29.2 Å². The molecule has 0 aliphatic carbocycles. The van der Waals surface area contributed by atoms with E-state index in [4.69, 9.17) is 11.5 Å². The molecule has 5 rings (SSSR count). The molecule has 31 heteroatoms. The van der Waals surface area contributed by atoms with Crippen LogP contribution in [0.5, 0.6) is 0 Å². The summed E-state index contributed by atoms with van der Waals surface area (Å²) in [7, 11) is 0. The number of aliphatic carboxylic acids is 2. The summed E-state index contributed by atoms with van der Waals surface area (Å²) in [6, 6.07) is -12.5. The van der Waals surface area contributed by atoms with Crippen LogP contribution in [0.25, 0.3) is 0 Å². The molecule has 91 heavy (non-hydrogen) atoms. The zero-order chi connectivity index (χ0) is 67.2. The molecular formula is C60H99N16O15+. The summed E-state index contributed by atoms with van der Waals surface area (Å²) < 4.78 is 0. The number of nitrogens with one attached hydrogen (secondary N) is 8. The monoisotopic (exact) mass is 1280 g/mol. The molecule has 1 aromatic rings. The number of carbonyl (C=O) groups excluding carboxylic acids is 11. The van der Waals surface area contributed by atoms with Crippen molar-refractivity contribution >= 4 is 77.3 Å². The summed E-state index contributed by atoms with van der Waals surface area (Å²) in [4.78, 5) is 191. The first-order valence-corrected chi connectivity index (χ1v) is 32.1. The predicted octanol–water partition coefficient (Wildman–Crippen LogP) is -2.93. The Bertz CT molecular complexity index is 2700. The van der Waals surface area contributed by atoms with Gasteiger partial charge in [0.15, 0.2) is 6.04 Å². The highest BCUT2D eigenvalue weighted by molar-refractivity contribution is 5.99. The molecule has 0 bridgehead atoms. The summed E-state index contributed by atoms with van der Waals surface area (Å²) in [6.07, 6.45) is 5.05. The molecule has 11 atom stereocenters. The minimum atomic E-state index is -1.54. The molecule has 17 N–H and O–H groups in total. The summed E-state index contributed by atoms with van der Waals surface area (Å²) in [5.74, 6) is -9.89. The zero-order valence-electron chi connectivity index (χ0n) is 53.5. The minimum Gasteiger partial charge on any atom is -0.481 e. The van der Waals surface area contributed by atoms with Gasteiger partial charge in [0.25, 0.3) is 5.91 Å². The van der Waals surface area contributed by atoms with Gasteiger partial charge in [0.1, 0.15) is 67.0 Å². The Labute approximate surface area is 530 Å². The number of rotatable bonds is 36. The van der Waals surface area contributed by atoms with Crippen LogP contribution in [-0.4, -0.2) is 223 Å². The van der Waals surface area contributed by atoms with Gasteiger partial charge in [0.2, 0.25) is 53.2 Å². The highest BCUT2D eigenvalue weighted by atomic mass is 16.4. The number of carbonyl (C=O) groups is 13. The second-order valence-electron chi connectivity index (χ2n) is 25.7. The summed E-state index contributed by atoms with van der Waals surface area (Å²) in [5, 5.41) is 38.4. The van der Waals surface area contributed by atoms with Gasteiger partial charge in [-0.05, 0) is 114 Å². The predicted molar refractivity (Wildman–Crippen MR) is 327 cm³/mol. The third-order valence-corrected chi connectivity index (χ3v) is 16.9. The Balaban J connectivity index is 1.30. The van der Waals surface area contributed by atoms with E-state index < -0.39 is 157 Å². The number of H-pyrrole nitrogens is 1. The number of aromatic nitrogens is 2. The Hall–Kier alpha value is -7.64. The number of quaternary nitrogens is 1. The second kappa shape index (κ2) is 35.8. The summed E-state index contributed by atoms with van der Waals surface area (Å²) >= 11 is 0. The lowest BCUT2D eigenvalue weighted by molar-refractivity contribution is -0.405. The molecule has 0 unspecified atom stereocenters. The lowest BCUT2D eigenvalue weighted by Gasteiger charge is -2.33. The molecule has 10 amide bonds. The van der Waals surface area contributed by atoms with Gasteiger partial charge in [-0.2, -0.15) is 0 Å². The Morgan fingerprint density at radius 1 is 0.571 bits per heavy atom. The average Bonchev–Trinajstić information content (AvgIpc) is 2.02. The number of carboxylic acids is 2. The van der Waals surface area contributed by atoms with Gasteiger partial charge >= 0.3 is 11.9 Å². The van der Waals surface area contributed by atoms with Gasteiger partial charge in [0.05, 0.1) is 12.4 Å². The van der Waals surface area contributed by atoms with Crippen LogP contribution in [0.2, 0.25) is 0 Å². The Kier molecular flexibility index (Phi) is 29.2. The number of imidazole rings is 1. The van der Waals surface area contributed by atoms with E-state index in [1.54, 1.807) is 13.8 Å². The van der Waals surface area contributed by atoms with Crippen LogP contribution >= 0.6 is 0 Å². The second-order valence-corrected chi connectivity index (χ2v) is 25.7. The first kappa shape index (κ1) is 74.1. The number of aromatic amines is 1. The molecule has 0 spiro atoms. The topological polar surface area (TPSA) is 468 Å². The molecule has 0 aromatic carbocycles. The molecule has 508 valence electrons. The molecule has 1 aromatic heterocycles. The summed E-state index contributed by atoms with van der Waals surface area (Å²) in [6.45, 7) is 12.0. The van der Waals surface area contributed by atoms with E-state index in [-0.39, 0.29) is 94.7 Å². The number of carboxylic acid groups (broad SMARTS) is 2. The van der Waals surface area contributed by atoms with Crippen molar-refractivity contribution in [3.63, 3.8) is 0 Å². The number of hydrogen-bond donors (Lipinski definition) is 13. The minimum absolute atomic E-state index is 0.0310. The molecule has 0 saturated carbocycles. The quantitative estimate of drug-likeness (QED) is 0.0182. The van der Waals surface area contributed by atoms with Crippen LogP contribution in [0.4, 0.5) is 0 Å².